The summed E-state index contributed by atoms with van der Waals surface area (Å²) in [5.74, 6) is 1.01. The van der Waals surface area contributed by atoms with Crippen molar-refractivity contribution in [3.63, 3.8) is 0 Å². The maximum absolute atomic E-state index is 9.17. The lowest BCUT2D eigenvalue weighted by Crippen LogP contribution is -2.46. The predicted molar refractivity (Wildman–Crippen MR) is 63.8 cm³/mol. The minimum absolute atomic E-state index is 0.273. The van der Waals surface area contributed by atoms with Gasteiger partial charge in [-0.2, -0.15) is 17.0 Å². The summed E-state index contributed by atoms with van der Waals surface area (Å²) in [6.45, 7) is 0.273. The van der Waals surface area contributed by atoms with Gasteiger partial charge in [0.15, 0.2) is 0 Å². The number of rotatable bonds is 5. The fraction of sp³-hybridized carbons (Fsp3) is 0.909. The molecule has 1 aliphatic rings. The van der Waals surface area contributed by atoms with E-state index in [1.54, 1.807) is 0 Å². The minimum atomic E-state index is -0.296. The molecule has 1 aliphatic carbocycles. The SMILES string of the molecule is CNC1(C#N)CCCC(SCCCO)C1. The van der Waals surface area contributed by atoms with E-state index in [2.05, 4.69) is 11.4 Å². The topological polar surface area (TPSA) is 56.0 Å². The Morgan fingerprint density at radius 3 is 3.07 bits per heavy atom. The van der Waals surface area contributed by atoms with E-state index in [1.165, 1.54) is 6.42 Å². The van der Waals surface area contributed by atoms with Crippen LogP contribution in [0.2, 0.25) is 0 Å². The monoisotopic (exact) mass is 228 g/mol. The van der Waals surface area contributed by atoms with Gasteiger partial charge >= 0.3 is 0 Å². The van der Waals surface area contributed by atoms with Gasteiger partial charge in [-0.25, -0.2) is 0 Å². The zero-order chi connectivity index (χ0) is 11.1. The molecule has 0 aromatic carbocycles. The van der Waals surface area contributed by atoms with Gasteiger partial charge in [-0.15, -0.1) is 0 Å². The van der Waals surface area contributed by atoms with Crippen molar-refractivity contribution in [2.45, 2.75) is 42.9 Å². The van der Waals surface area contributed by atoms with Gasteiger partial charge < -0.3 is 10.4 Å². The summed E-state index contributed by atoms with van der Waals surface area (Å²) >= 11 is 1.90. The Kier molecular flexibility index (Phi) is 5.44. The molecule has 0 aromatic heterocycles. The molecule has 3 nitrogen and oxygen atoms in total. The molecule has 15 heavy (non-hydrogen) atoms. The Bertz CT molecular complexity index is 229. The molecular formula is C11H20N2OS. The number of hydrogen-bond donors (Lipinski definition) is 2. The second kappa shape index (κ2) is 6.37. The van der Waals surface area contributed by atoms with Crippen LogP contribution in [0, 0.1) is 11.3 Å². The summed E-state index contributed by atoms with van der Waals surface area (Å²) in [6, 6.07) is 2.41. The second-order valence-corrected chi connectivity index (χ2v) is 5.52. The van der Waals surface area contributed by atoms with Gasteiger partial charge in [0, 0.05) is 11.9 Å². The summed E-state index contributed by atoms with van der Waals surface area (Å²) in [5.41, 5.74) is -0.296. The molecule has 0 amide bonds. The maximum atomic E-state index is 9.17. The van der Waals surface area contributed by atoms with Gasteiger partial charge in [0.25, 0.3) is 0 Å². The molecule has 1 saturated carbocycles. The highest BCUT2D eigenvalue weighted by Gasteiger charge is 2.35. The Hall–Kier alpha value is -0.240. The van der Waals surface area contributed by atoms with Crippen LogP contribution in [0.15, 0.2) is 0 Å². The van der Waals surface area contributed by atoms with Crippen molar-refractivity contribution >= 4 is 11.8 Å². The molecule has 86 valence electrons. The van der Waals surface area contributed by atoms with E-state index >= 15 is 0 Å². The highest BCUT2D eigenvalue weighted by Crippen LogP contribution is 2.34. The van der Waals surface area contributed by atoms with Crippen LogP contribution in [0.4, 0.5) is 0 Å². The van der Waals surface area contributed by atoms with Crippen molar-refractivity contribution in [1.82, 2.24) is 5.32 Å². The van der Waals surface area contributed by atoms with Gasteiger partial charge in [0.1, 0.15) is 5.54 Å². The first-order valence-electron chi connectivity index (χ1n) is 5.59. The number of nitrogens with one attached hydrogen (secondary N) is 1. The Labute approximate surface area is 96.2 Å². The molecule has 1 rings (SSSR count). The van der Waals surface area contributed by atoms with E-state index in [4.69, 9.17) is 10.4 Å². The summed E-state index contributed by atoms with van der Waals surface area (Å²) in [7, 11) is 1.88. The Balaban J connectivity index is 2.38. The molecule has 0 saturated heterocycles. The summed E-state index contributed by atoms with van der Waals surface area (Å²) < 4.78 is 0. The van der Waals surface area contributed by atoms with E-state index in [-0.39, 0.29) is 12.1 Å². The van der Waals surface area contributed by atoms with Crippen LogP contribution in [-0.4, -0.2) is 35.3 Å². The molecule has 0 aliphatic heterocycles. The van der Waals surface area contributed by atoms with Crippen LogP contribution in [0.3, 0.4) is 0 Å². The fourth-order valence-corrected chi connectivity index (χ4v) is 3.43. The van der Waals surface area contributed by atoms with Gasteiger partial charge in [0.05, 0.1) is 6.07 Å². The minimum Gasteiger partial charge on any atom is -0.396 e. The van der Waals surface area contributed by atoms with Crippen LogP contribution in [0.5, 0.6) is 0 Å². The molecule has 0 radical (unpaired) electrons. The van der Waals surface area contributed by atoms with E-state index in [9.17, 15) is 0 Å². The third-order valence-corrected chi connectivity index (χ3v) is 4.45. The lowest BCUT2D eigenvalue weighted by atomic mass is 9.83. The number of nitrogens with zero attached hydrogens (tertiary/aromatic N) is 1. The molecule has 0 heterocycles. The molecule has 0 bridgehead atoms. The normalized spacial score (nSPS) is 31.1. The quantitative estimate of drug-likeness (QED) is 0.701. The van der Waals surface area contributed by atoms with Crippen molar-refractivity contribution in [3.05, 3.63) is 0 Å². The lowest BCUT2D eigenvalue weighted by Gasteiger charge is -2.35. The summed E-state index contributed by atoms with van der Waals surface area (Å²) in [4.78, 5) is 0. The highest BCUT2D eigenvalue weighted by atomic mass is 32.2. The van der Waals surface area contributed by atoms with Crippen LogP contribution >= 0.6 is 11.8 Å². The van der Waals surface area contributed by atoms with Gasteiger partial charge in [0.2, 0.25) is 0 Å². The predicted octanol–water partition coefficient (Wildman–Crippen LogP) is 1.53. The zero-order valence-corrected chi connectivity index (χ0v) is 10.1. The molecule has 0 spiro atoms. The van der Waals surface area contributed by atoms with Gasteiger partial charge in [-0.3, -0.25) is 0 Å². The van der Waals surface area contributed by atoms with Crippen molar-refractivity contribution in [1.29, 1.82) is 5.26 Å². The Morgan fingerprint density at radius 2 is 2.47 bits per heavy atom. The standard InChI is InChI=1S/C11H20N2OS/c1-13-11(9-12)5-2-4-10(8-11)15-7-3-6-14/h10,13-14H,2-8H2,1H3. The third-order valence-electron chi connectivity index (χ3n) is 3.05. The molecule has 2 unspecified atom stereocenters. The van der Waals surface area contributed by atoms with Crippen molar-refractivity contribution in [2.24, 2.45) is 0 Å². The smallest absolute Gasteiger partial charge is 0.107 e. The third kappa shape index (κ3) is 3.67. The molecule has 0 aromatic rings. The van der Waals surface area contributed by atoms with Crippen molar-refractivity contribution in [3.8, 4) is 6.07 Å². The van der Waals surface area contributed by atoms with E-state index in [0.717, 1.165) is 31.4 Å². The van der Waals surface area contributed by atoms with Crippen LogP contribution < -0.4 is 5.32 Å². The molecule has 1 fully saturated rings. The number of thioether (sulfide) groups is 1. The molecule has 4 heteroatoms. The fourth-order valence-electron chi connectivity index (χ4n) is 2.07. The number of nitriles is 1. The highest BCUT2D eigenvalue weighted by molar-refractivity contribution is 7.99. The number of aliphatic hydroxyl groups is 1. The zero-order valence-electron chi connectivity index (χ0n) is 9.33. The van der Waals surface area contributed by atoms with E-state index < -0.39 is 0 Å². The number of aliphatic hydroxyl groups excluding tert-OH is 1. The van der Waals surface area contributed by atoms with Gasteiger partial charge in [-0.05, 0) is 44.9 Å². The molecule has 2 atom stereocenters. The van der Waals surface area contributed by atoms with Crippen molar-refractivity contribution < 1.29 is 5.11 Å². The van der Waals surface area contributed by atoms with E-state index in [0.29, 0.717) is 5.25 Å². The largest absolute Gasteiger partial charge is 0.396 e. The second-order valence-electron chi connectivity index (χ2n) is 4.11. The summed E-state index contributed by atoms with van der Waals surface area (Å²) in [5, 5.41) is 21.6. The molecular weight excluding hydrogens is 208 g/mol. The average Bonchev–Trinajstić information content (AvgIpc) is 2.30. The molecule has 2 N–H and O–H groups in total. The average molecular weight is 228 g/mol. The van der Waals surface area contributed by atoms with Crippen molar-refractivity contribution in [2.75, 3.05) is 19.4 Å². The van der Waals surface area contributed by atoms with Crippen LogP contribution in [-0.2, 0) is 0 Å². The first-order valence-corrected chi connectivity index (χ1v) is 6.64. The maximum Gasteiger partial charge on any atom is 0.107 e. The van der Waals surface area contributed by atoms with Gasteiger partial charge in [-0.1, -0.05) is 0 Å². The first-order chi connectivity index (χ1) is 7.26. The lowest BCUT2D eigenvalue weighted by molar-refractivity contribution is 0.295. The van der Waals surface area contributed by atoms with E-state index in [1.807, 2.05) is 18.8 Å². The Morgan fingerprint density at radius 1 is 1.67 bits per heavy atom. The first kappa shape index (κ1) is 12.8. The van der Waals surface area contributed by atoms with Crippen LogP contribution in [0.1, 0.15) is 32.1 Å². The van der Waals surface area contributed by atoms with Crippen LogP contribution in [0.25, 0.3) is 0 Å². The number of hydrogen-bond acceptors (Lipinski definition) is 4. The summed E-state index contributed by atoms with van der Waals surface area (Å²) in [6.07, 6.45) is 5.11.